The Bertz CT molecular complexity index is 5300. The number of hydrogen-bond donors (Lipinski definition) is 0. The summed E-state index contributed by atoms with van der Waals surface area (Å²) in [4.78, 5) is 0. The third-order valence-electron chi connectivity index (χ3n) is 15.1. The van der Waals surface area contributed by atoms with E-state index in [2.05, 4.69) is 146 Å². The van der Waals surface area contributed by atoms with E-state index in [0.717, 1.165) is 43.5 Å². The summed E-state index contributed by atoms with van der Waals surface area (Å²) in [5.74, 6) is 0. The molecule has 0 saturated heterocycles. The van der Waals surface area contributed by atoms with Crippen LogP contribution in [0.4, 0.5) is 0 Å². The highest BCUT2D eigenvalue weighted by Crippen LogP contribution is 2.49. The van der Waals surface area contributed by atoms with Crippen molar-refractivity contribution in [1.82, 2.24) is 0 Å². The van der Waals surface area contributed by atoms with Gasteiger partial charge in [0.25, 0.3) is 0 Å². The maximum atomic E-state index is 9.13. The molecule has 0 aliphatic rings. The van der Waals surface area contributed by atoms with Gasteiger partial charge in [0.1, 0.15) is 11.2 Å². The second-order valence-corrected chi connectivity index (χ2v) is 19.2. The molecular weight excluding hydrogens is 905 g/mol. The molecule has 16 aromatic rings. The van der Waals surface area contributed by atoms with Crippen molar-refractivity contribution in [2.75, 3.05) is 0 Å². The van der Waals surface area contributed by atoms with Crippen molar-refractivity contribution < 1.29 is 15.4 Å². The van der Waals surface area contributed by atoms with Crippen molar-refractivity contribution in [3.63, 3.8) is 0 Å². The minimum absolute atomic E-state index is 0.219. The zero-order valence-corrected chi connectivity index (χ0v) is 40.3. The molecular formula is C74H46O. The van der Waals surface area contributed by atoms with Gasteiger partial charge in [0.2, 0.25) is 0 Å². The van der Waals surface area contributed by atoms with Crippen LogP contribution in [0.25, 0.3) is 153 Å². The monoisotopic (exact) mass is 958 g/mol. The van der Waals surface area contributed by atoms with Crippen LogP contribution in [0.2, 0.25) is 0 Å². The molecule has 1 aromatic heterocycles. The zero-order chi connectivity index (χ0) is 56.4. The summed E-state index contributed by atoms with van der Waals surface area (Å²) < 4.78 is 77.5. The van der Waals surface area contributed by atoms with Gasteiger partial charge in [0.05, 0.1) is 11.0 Å². The predicted octanol–water partition coefficient (Wildman–Crippen LogP) is 21.2. The Labute approximate surface area is 445 Å². The first-order valence-corrected chi connectivity index (χ1v) is 25.3. The molecule has 0 aliphatic heterocycles. The van der Waals surface area contributed by atoms with Crippen molar-refractivity contribution in [1.29, 1.82) is 0 Å². The fourth-order valence-electron chi connectivity index (χ4n) is 11.9. The molecule has 0 amide bonds. The number of furan rings is 1. The van der Waals surface area contributed by atoms with E-state index in [1.807, 2.05) is 84.9 Å². The van der Waals surface area contributed by atoms with Crippen molar-refractivity contribution in [3.05, 3.63) is 279 Å². The summed E-state index contributed by atoms with van der Waals surface area (Å²) in [5, 5.41) is 16.7. The van der Waals surface area contributed by atoms with E-state index in [4.69, 9.17) is 15.4 Å². The van der Waals surface area contributed by atoms with Crippen LogP contribution in [-0.2, 0) is 0 Å². The third-order valence-corrected chi connectivity index (χ3v) is 15.1. The van der Waals surface area contributed by atoms with Gasteiger partial charge in [-0.25, -0.2) is 0 Å². The summed E-state index contributed by atoms with van der Waals surface area (Å²) in [6.45, 7) is 0. The molecule has 0 bridgehead atoms. The first-order valence-electron chi connectivity index (χ1n) is 29.3. The second kappa shape index (κ2) is 17.4. The average molecular weight is 959 g/mol. The lowest BCUT2D eigenvalue weighted by molar-refractivity contribution is 0.673. The Kier molecular flexibility index (Phi) is 8.22. The zero-order valence-electron chi connectivity index (χ0n) is 48.3. The van der Waals surface area contributed by atoms with E-state index in [-0.39, 0.29) is 45.7 Å². The molecule has 1 heteroatoms. The van der Waals surface area contributed by atoms with Crippen LogP contribution in [-0.4, -0.2) is 0 Å². The van der Waals surface area contributed by atoms with E-state index < -0.39 is 24.2 Å². The van der Waals surface area contributed by atoms with Gasteiger partial charge < -0.3 is 4.42 Å². The van der Waals surface area contributed by atoms with Gasteiger partial charge in [-0.05, 0) is 144 Å². The Hall–Kier alpha value is -9.82. The van der Waals surface area contributed by atoms with Gasteiger partial charge in [-0.3, -0.25) is 0 Å². The lowest BCUT2D eigenvalue weighted by Gasteiger charge is -2.19. The smallest absolute Gasteiger partial charge is 0.143 e. The highest BCUT2D eigenvalue weighted by atomic mass is 16.3. The molecule has 0 N–H and O–H groups in total. The van der Waals surface area contributed by atoms with Crippen molar-refractivity contribution in [2.24, 2.45) is 0 Å². The molecule has 0 radical (unpaired) electrons. The molecule has 0 saturated carbocycles. The van der Waals surface area contributed by atoms with Gasteiger partial charge in [0.15, 0.2) is 0 Å². The number of hydrogen-bond acceptors (Lipinski definition) is 1. The van der Waals surface area contributed by atoms with E-state index in [9.17, 15) is 0 Å². The first-order chi connectivity index (χ1) is 40.6. The molecule has 75 heavy (non-hydrogen) atoms. The molecule has 15 aromatic carbocycles. The van der Waals surface area contributed by atoms with Crippen LogP contribution in [0, 0.1) is 0 Å². The molecule has 348 valence electrons. The Balaban J connectivity index is 0.000000142. The SMILES string of the molecule is [2H]c1c([2H])c([2H])c2c(-c3cccc4ccccc34)c3c([2H])c([2H])c([2H])c([2H])c3c(-c3ccc4ccccc4c3)c2c1[2H].c1ccc2c(-c3c4ccccc4c(-c4cccc5oc6c7ccccc7ccc6c45)c4ccccc34)cccc2c1. The van der Waals surface area contributed by atoms with Crippen LogP contribution in [0.3, 0.4) is 0 Å². The Morgan fingerprint density at radius 1 is 0.253 bits per heavy atom. The van der Waals surface area contributed by atoms with Crippen LogP contribution < -0.4 is 0 Å². The minimum atomic E-state index is -0.404. The molecule has 0 unspecified atom stereocenters. The number of fused-ring (bicyclic) bond motifs is 12. The summed E-state index contributed by atoms with van der Waals surface area (Å²) in [6.07, 6.45) is 0. The number of benzene rings is 15. The number of rotatable bonds is 4. The lowest BCUT2D eigenvalue weighted by Crippen LogP contribution is -1.92. The van der Waals surface area contributed by atoms with Crippen LogP contribution in [0.5, 0.6) is 0 Å². The molecule has 0 fully saturated rings. The molecule has 0 atom stereocenters. The molecule has 1 nitrogen and oxygen atoms in total. The van der Waals surface area contributed by atoms with Crippen LogP contribution >= 0.6 is 0 Å². The fraction of sp³-hybridized carbons (Fsp3) is 0. The summed E-state index contributed by atoms with van der Waals surface area (Å²) in [5.41, 5.74) is 8.81. The summed E-state index contributed by atoms with van der Waals surface area (Å²) in [7, 11) is 0. The lowest BCUT2D eigenvalue weighted by atomic mass is 9.84. The Morgan fingerprint density at radius 3 is 1.20 bits per heavy atom. The summed E-state index contributed by atoms with van der Waals surface area (Å²) >= 11 is 0. The van der Waals surface area contributed by atoms with Crippen molar-refractivity contribution in [2.45, 2.75) is 0 Å². The maximum absolute atomic E-state index is 9.13. The van der Waals surface area contributed by atoms with Gasteiger partial charge in [-0.1, -0.05) is 261 Å². The molecule has 0 spiro atoms. The summed E-state index contributed by atoms with van der Waals surface area (Å²) in [6, 6.07) is 76.5. The normalized spacial score (nSPS) is 13.2. The van der Waals surface area contributed by atoms with Crippen LogP contribution in [0.15, 0.2) is 283 Å². The minimum Gasteiger partial charge on any atom is -0.455 e. The first kappa shape index (κ1) is 35.3. The third kappa shape index (κ3) is 6.86. The van der Waals surface area contributed by atoms with Gasteiger partial charge in [-0.15, -0.1) is 0 Å². The van der Waals surface area contributed by atoms with Gasteiger partial charge in [-0.2, -0.15) is 0 Å². The van der Waals surface area contributed by atoms with E-state index in [0.29, 0.717) is 22.3 Å². The molecule has 1 heterocycles. The van der Waals surface area contributed by atoms with Crippen LogP contribution in [0.1, 0.15) is 11.0 Å². The predicted molar refractivity (Wildman–Crippen MR) is 322 cm³/mol. The largest absolute Gasteiger partial charge is 0.455 e. The van der Waals surface area contributed by atoms with E-state index in [1.54, 1.807) is 0 Å². The Morgan fingerprint density at radius 2 is 0.640 bits per heavy atom. The molecule has 16 rings (SSSR count). The quantitative estimate of drug-likeness (QED) is 0.160. The van der Waals surface area contributed by atoms with Gasteiger partial charge >= 0.3 is 0 Å². The van der Waals surface area contributed by atoms with Gasteiger partial charge in [0, 0.05) is 16.2 Å². The van der Waals surface area contributed by atoms with Crippen molar-refractivity contribution in [3.8, 4) is 44.5 Å². The van der Waals surface area contributed by atoms with E-state index >= 15 is 0 Å². The maximum Gasteiger partial charge on any atom is 0.143 e. The topological polar surface area (TPSA) is 13.1 Å². The second-order valence-electron chi connectivity index (χ2n) is 19.2. The highest BCUT2D eigenvalue weighted by molar-refractivity contribution is 6.28. The van der Waals surface area contributed by atoms with E-state index in [1.165, 1.54) is 65.3 Å². The fourth-order valence-corrected chi connectivity index (χ4v) is 11.9. The molecule has 0 aliphatic carbocycles. The average Bonchev–Trinajstić information content (AvgIpc) is 3.32. The van der Waals surface area contributed by atoms with Crippen molar-refractivity contribution >= 4 is 108 Å². The highest BCUT2D eigenvalue weighted by Gasteiger charge is 2.22. The standard InChI is InChI=1S/C40H24O.C34H22/c1-3-14-27-25(11-1)13-9-20-29(27)37-30-16-5-7-18-32(30)38(33-19-8-6-17-31(33)37)34-21-10-22-36-39(34)35-24-23-26-12-2-4-15-28(26)40(35)41-36;1-2-12-25-22-26(21-20-23(25)10-1)33-29-15-5-7-17-31(29)34(32-18-8-6-16-30(32)33)28-19-9-13-24-11-3-4-14-27(24)28/h1-24H;1-22H/i;5D,6D,7D,8D,15D,16D,17D,18D.